The van der Waals surface area contributed by atoms with E-state index in [9.17, 15) is 9.59 Å². The molecule has 0 bridgehead atoms. The van der Waals surface area contributed by atoms with Gasteiger partial charge in [-0.05, 0) is 43.6 Å². The van der Waals surface area contributed by atoms with E-state index in [1.165, 1.54) is 24.0 Å². The number of likely N-dealkylation sites (tertiary alicyclic amines) is 1. The molecule has 1 aromatic rings. The first-order valence-electron chi connectivity index (χ1n) is 11.9. The van der Waals surface area contributed by atoms with Crippen LogP contribution in [0.5, 0.6) is 0 Å². The van der Waals surface area contributed by atoms with E-state index < -0.39 is 0 Å². The van der Waals surface area contributed by atoms with E-state index >= 15 is 0 Å². The molecule has 31 heavy (non-hydrogen) atoms. The number of amides is 3. The Morgan fingerprint density at radius 2 is 1.77 bits per heavy atom. The Morgan fingerprint density at radius 3 is 2.58 bits per heavy atom. The van der Waals surface area contributed by atoms with Gasteiger partial charge in [0.2, 0.25) is 5.91 Å². The topological polar surface area (TPSA) is 55.9 Å². The van der Waals surface area contributed by atoms with Crippen LogP contribution in [-0.2, 0) is 11.3 Å². The summed E-state index contributed by atoms with van der Waals surface area (Å²) in [6.45, 7) is 6.57. The van der Waals surface area contributed by atoms with Gasteiger partial charge < -0.3 is 15.1 Å². The average molecular weight is 425 g/mol. The van der Waals surface area contributed by atoms with Crippen LogP contribution in [0.3, 0.4) is 0 Å². The molecule has 6 heteroatoms. The highest BCUT2D eigenvalue weighted by Crippen LogP contribution is 2.31. The van der Waals surface area contributed by atoms with Crippen molar-refractivity contribution in [3.8, 4) is 0 Å². The molecule has 1 aromatic carbocycles. The number of hydrogen-bond acceptors (Lipinski definition) is 3. The predicted molar refractivity (Wildman–Crippen MR) is 123 cm³/mol. The van der Waals surface area contributed by atoms with Gasteiger partial charge in [-0.2, -0.15) is 0 Å². The fourth-order valence-corrected chi connectivity index (χ4v) is 5.01. The van der Waals surface area contributed by atoms with Gasteiger partial charge in [-0.15, -0.1) is 0 Å². The molecular weight excluding hydrogens is 388 g/mol. The molecular formula is C25H36N4O2. The van der Waals surface area contributed by atoms with Crippen molar-refractivity contribution in [3.63, 3.8) is 0 Å². The highest BCUT2D eigenvalue weighted by atomic mass is 16.2. The van der Waals surface area contributed by atoms with Gasteiger partial charge in [-0.3, -0.25) is 9.69 Å². The van der Waals surface area contributed by atoms with E-state index in [0.717, 1.165) is 58.7 Å². The van der Waals surface area contributed by atoms with Crippen LogP contribution in [0.15, 0.2) is 42.0 Å². The van der Waals surface area contributed by atoms with E-state index in [2.05, 4.69) is 40.6 Å². The number of allylic oxidation sites excluding steroid dienone is 1. The molecule has 0 saturated carbocycles. The van der Waals surface area contributed by atoms with E-state index in [1.807, 2.05) is 15.9 Å². The first-order valence-corrected chi connectivity index (χ1v) is 11.9. The van der Waals surface area contributed by atoms with Crippen molar-refractivity contribution < 1.29 is 9.59 Å². The van der Waals surface area contributed by atoms with Crippen molar-refractivity contribution in [1.29, 1.82) is 0 Å². The van der Waals surface area contributed by atoms with Crippen molar-refractivity contribution in [2.45, 2.75) is 45.1 Å². The number of fused-ring (bicyclic) bond motifs is 1. The van der Waals surface area contributed by atoms with Gasteiger partial charge in [-0.25, -0.2) is 4.79 Å². The van der Waals surface area contributed by atoms with Crippen LogP contribution in [0.4, 0.5) is 4.79 Å². The number of piperazine rings is 1. The van der Waals surface area contributed by atoms with Crippen molar-refractivity contribution in [1.82, 2.24) is 20.0 Å². The van der Waals surface area contributed by atoms with Crippen molar-refractivity contribution >= 4 is 11.9 Å². The number of hydrogen-bond donors (Lipinski definition) is 1. The minimum atomic E-state index is 0.0203. The maximum absolute atomic E-state index is 12.5. The molecule has 3 amide bonds. The predicted octanol–water partition coefficient (Wildman–Crippen LogP) is 3.25. The van der Waals surface area contributed by atoms with Gasteiger partial charge in [0.1, 0.15) is 0 Å². The third kappa shape index (κ3) is 6.10. The summed E-state index contributed by atoms with van der Waals surface area (Å²) in [4.78, 5) is 31.4. The zero-order valence-corrected chi connectivity index (χ0v) is 18.6. The summed E-state index contributed by atoms with van der Waals surface area (Å²) in [7, 11) is 0. The number of carbonyl (C=O) groups is 2. The molecule has 1 aliphatic carbocycles. The van der Waals surface area contributed by atoms with Crippen LogP contribution in [0.25, 0.3) is 0 Å². The Hall–Kier alpha value is -2.34. The first-order chi connectivity index (χ1) is 15.2. The molecule has 2 aliphatic heterocycles. The van der Waals surface area contributed by atoms with Crippen LogP contribution < -0.4 is 5.32 Å². The molecule has 0 aromatic heterocycles. The molecule has 1 N–H and O–H groups in total. The van der Waals surface area contributed by atoms with Gasteiger partial charge in [0.15, 0.2) is 0 Å². The van der Waals surface area contributed by atoms with Crippen LogP contribution in [0, 0.1) is 5.92 Å². The normalized spacial score (nSPS) is 21.9. The lowest BCUT2D eigenvalue weighted by Crippen LogP contribution is -2.48. The lowest BCUT2D eigenvalue weighted by atomic mass is 9.82. The Kier molecular flexibility index (Phi) is 7.62. The minimum Gasteiger partial charge on any atom is -0.340 e. The smallest absolute Gasteiger partial charge is 0.317 e. The van der Waals surface area contributed by atoms with Crippen LogP contribution >= 0.6 is 0 Å². The Balaban J connectivity index is 1.10. The Labute approximate surface area is 186 Å². The van der Waals surface area contributed by atoms with Gasteiger partial charge in [0, 0.05) is 58.8 Å². The molecule has 4 rings (SSSR count). The van der Waals surface area contributed by atoms with Crippen LogP contribution in [0.1, 0.15) is 44.1 Å². The summed E-state index contributed by atoms with van der Waals surface area (Å²) in [6.07, 6.45) is 8.37. The molecule has 0 radical (unpaired) electrons. The number of piperidine rings is 1. The molecule has 168 valence electrons. The van der Waals surface area contributed by atoms with Crippen LogP contribution in [0.2, 0.25) is 0 Å². The zero-order chi connectivity index (χ0) is 21.5. The van der Waals surface area contributed by atoms with E-state index in [0.29, 0.717) is 25.3 Å². The molecule has 1 unspecified atom stereocenters. The van der Waals surface area contributed by atoms with E-state index in [-0.39, 0.29) is 11.9 Å². The van der Waals surface area contributed by atoms with Crippen molar-refractivity contribution in [2.75, 3.05) is 45.8 Å². The molecule has 6 nitrogen and oxygen atoms in total. The van der Waals surface area contributed by atoms with Gasteiger partial charge in [-0.1, -0.05) is 42.0 Å². The second-order valence-corrected chi connectivity index (χ2v) is 9.10. The second kappa shape index (κ2) is 10.8. The lowest BCUT2D eigenvalue weighted by Gasteiger charge is -2.36. The Morgan fingerprint density at radius 1 is 0.968 bits per heavy atom. The first kappa shape index (κ1) is 21.9. The van der Waals surface area contributed by atoms with Crippen LogP contribution in [-0.4, -0.2) is 72.5 Å². The highest BCUT2D eigenvalue weighted by molar-refractivity contribution is 5.77. The Bertz CT molecular complexity index is 771. The third-order valence-electron chi connectivity index (χ3n) is 6.91. The maximum Gasteiger partial charge on any atom is 0.317 e. The zero-order valence-electron chi connectivity index (χ0n) is 18.6. The quantitative estimate of drug-likeness (QED) is 0.563. The molecule has 1 atom stereocenters. The number of nitrogens with one attached hydrogen (secondary N) is 1. The monoisotopic (exact) mass is 424 g/mol. The maximum atomic E-state index is 12.5. The van der Waals surface area contributed by atoms with Gasteiger partial charge >= 0.3 is 6.03 Å². The standard InChI is InChI=1S/C25H36N4O2/c30-24(28-17-15-27(16-18-28)19-21-7-2-1-3-8-21)11-6-13-26-25(31)29-14-12-22-9-4-5-10-23(22)20-29/h1-3,7-8,10,22H,4-6,9,11-20H2,(H,26,31). The fourth-order valence-electron chi connectivity index (χ4n) is 5.01. The summed E-state index contributed by atoms with van der Waals surface area (Å²) < 4.78 is 0. The van der Waals surface area contributed by atoms with Crippen molar-refractivity contribution in [3.05, 3.63) is 47.5 Å². The van der Waals surface area contributed by atoms with E-state index in [4.69, 9.17) is 0 Å². The number of carbonyl (C=O) groups excluding carboxylic acids is 2. The highest BCUT2D eigenvalue weighted by Gasteiger charge is 2.27. The minimum absolute atomic E-state index is 0.0203. The second-order valence-electron chi connectivity index (χ2n) is 9.10. The fraction of sp³-hybridized carbons (Fsp3) is 0.600. The number of rotatable bonds is 6. The molecule has 2 fully saturated rings. The van der Waals surface area contributed by atoms with Gasteiger partial charge in [0.05, 0.1) is 0 Å². The summed E-state index contributed by atoms with van der Waals surface area (Å²) in [5.74, 6) is 0.908. The SMILES string of the molecule is O=C(CCCNC(=O)N1CCC2CCCC=C2C1)N1CCN(Cc2ccccc2)CC1. The summed E-state index contributed by atoms with van der Waals surface area (Å²) in [6, 6.07) is 10.5. The molecule has 2 heterocycles. The number of urea groups is 1. The molecule has 3 aliphatic rings. The summed E-state index contributed by atoms with van der Waals surface area (Å²) in [5, 5.41) is 3.02. The largest absolute Gasteiger partial charge is 0.340 e. The van der Waals surface area contributed by atoms with Crippen molar-refractivity contribution in [2.24, 2.45) is 5.92 Å². The number of nitrogens with zero attached hydrogens (tertiary/aromatic N) is 3. The summed E-state index contributed by atoms with van der Waals surface area (Å²) >= 11 is 0. The molecule has 0 spiro atoms. The lowest BCUT2D eigenvalue weighted by molar-refractivity contribution is -0.133. The summed E-state index contributed by atoms with van der Waals surface area (Å²) in [5.41, 5.74) is 2.77. The van der Waals surface area contributed by atoms with Gasteiger partial charge in [0.25, 0.3) is 0 Å². The number of benzene rings is 1. The third-order valence-corrected chi connectivity index (χ3v) is 6.91. The average Bonchev–Trinajstić information content (AvgIpc) is 2.82. The van der Waals surface area contributed by atoms with E-state index in [1.54, 1.807) is 0 Å². The molecule has 2 saturated heterocycles.